The molecule has 0 radical (unpaired) electrons. The zero-order valence-electron chi connectivity index (χ0n) is 11.8. The third kappa shape index (κ3) is 2.61. The Morgan fingerprint density at radius 3 is 2.55 bits per heavy atom. The van der Waals surface area contributed by atoms with Crippen molar-refractivity contribution in [3.63, 3.8) is 0 Å². The van der Waals surface area contributed by atoms with Crippen LogP contribution in [0, 0.1) is 5.41 Å². The Balaban J connectivity index is 2.31. The molecule has 2 unspecified atom stereocenters. The first-order valence-corrected chi connectivity index (χ1v) is 7.86. The first kappa shape index (κ1) is 15.1. The molecule has 1 fully saturated rings. The highest BCUT2D eigenvalue weighted by atomic mass is 32.2. The molecule has 112 valence electrons. The van der Waals surface area contributed by atoms with Gasteiger partial charge in [0, 0.05) is 11.5 Å². The fraction of sp³-hybridized carbons (Fsp3) is 0.538. The van der Waals surface area contributed by atoms with E-state index in [-0.39, 0.29) is 22.5 Å². The zero-order valence-corrected chi connectivity index (χ0v) is 12.6. The Hall–Kier alpha value is -1.31. The molecule has 0 saturated heterocycles. The summed E-state index contributed by atoms with van der Waals surface area (Å²) in [7, 11) is -2.25. The van der Waals surface area contributed by atoms with Gasteiger partial charge in [-0.3, -0.25) is 0 Å². The minimum absolute atomic E-state index is 0.0264. The molecule has 1 aromatic rings. The van der Waals surface area contributed by atoms with E-state index in [0.29, 0.717) is 17.9 Å². The van der Waals surface area contributed by atoms with Crippen molar-refractivity contribution in [2.45, 2.75) is 37.3 Å². The number of sulfonamides is 1. The number of aliphatic hydroxyl groups is 1. The summed E-state index contributed by atoms with van der Waals surface area (Å²) in [6.07, 6.45) is 0.239. The third-order valence-electron chi connectivity index (χ3n) is 4.05. The molecular weight excluding hydrogens is 280 g/mol. The lowest BCUT2D eigenvalue weighted by atomic mass is 9.64. The van der Waals surface area contributed by atoms with Gasteiger partial charge in [-0.05, 0) is 24.6 Å². The second kappa shape index (κ2) is 4.91. The number of nitrogens with one attached hydrogen (secondary N) is 1. The molecule has 0 amide bonds. The summed E-state index contributed by atoms with van der Waals surface area (Å²) < 4.78 is 28.0. The van der Waals surface area contributed by atoms with Crippen LogP contribution in [0.3, 0.4) is 0 Å². The summed E-state index contributed by atoms with van der Waals surface area (Å²) in [5.74, 6) is 0.537. The van der Waals surface area contributed by atoms with E-state index in [4.69, 9.17) is 9.88 Å². The van der Waals surface area contributed by atoms with Gasteiger partial charge in [0.25, 0.3) is 0 Å². The van der Waals surface area contributed by atoms with E-state index in [9.17, 15) is 13.5 Å². The first-order chi connectivity index (χ1) is 9.16. The molecule has 1 aliphatic rings. The van der Waals surface area contributed by atoms with Gasteiger partial charge in [0.05, 0.1) is 23.8 Å². The van der Waals surface area contributed by atoms with E-state index < -0.39 is 10.0 Å². The van der Waals surface area contributed by atoms with Crippen molar-refractivity contribution in [3.8, 4) is 5.75 Å². The van der Waals surface area contributed by atoms with Gasteiger partial charge in [-0.1, -0.05) is 13.8 Å². The van der Waals surface area contributed by atoms with Crippen LogP contribution in [0.1, 0.15) is 20.3 Å². The van der Waals surface area contributed by atoms with Crippen molar-refractivity contribution in [2.24, 2.45) is 10.6 Å². The van der Waals surface area contributed by atoms with E-state index >= 15 is 0 Å². The molecule has 2 atom stereocenters. The van der Waals surface area contributed by atoms with E-state index in [1.54, 1.807) is 6.07 Å². The second-order valence-electron chi connectivity index (χ2n) is 5.68. The number of nitrogens with two attached hydrogens (primary N) is 1. The molecule has 2 rings (SSSR count). The number of primary sulfonamides is 1. The van der Waals surface area contributed by atoms with Gasteiger partial charge in [-0.15, -0.1) is 0 Å². The van der Waals surface area contributed by atoms with Crippen molar-refractivity contribution in [3.05, 3.63) is 18.2 Å². The Kier molecular flexibility index (Phi) is 3.70. The summed E-state index contributed by atoms with van der Waals surface area (Å²) in [4.78, 5) is 0.0264. The Morgan fingerprint density at radius 2 is 2.10 bits per heavy atom. The smallest absolute Gasteiger partial charge is 0.238 e. The number of rotatable bonds is 4. The maximum atomic E-state index is 11.4. The van der Waals surface area contributed by atoms with E-state index in [1.165, 1.54) is 19.2 Å². The average molecular weight is 300 g/mol. The molecule has 1 aromatic carbocycles. The maximum Gasteiger partial charge on any atom is 0.238 e. The minimum atomic E-state index is -3.76. The molecule has 0 aliphatic heterocycles. The van der Waals surface area contributed by atoms with Crippen LogP contribution >= 0.6 is 0 Å². The number of methoxy groups -OCH3 is 1. The molecule has 6 nitrogen and oxygen atoms in total. The van der Waals surface area contributed by atoms with Crippen molar-refractivity contribution in [1.29, 1.82) is 0 Å². The number of benzene rings is 1. The lowest BCUT2D eigenvalue weighted by molar-refractivity contribution is -0.0511. The summed E-state index contributed by atoms with van der Waals surface area (Å²) in [6, 6.07) is 4.46. The molecule has 7 heteroatoms. The number of ether oxygens (including phenoxy) is 1. The molecular formula is C13H20N2O4S. The van der Waals surface area contributed by atoms with E-state index in [2.05, 4.69) is 5.32 Å². The normalized spacial score (nSPS) is 24.9. The van der Waals surface area contributed by atoms with E-state index in [1.807, 2.05) is 13.8 Å². The average Bonchev–Trinajstić information content (AvgIpc) is 2.37. The monoisotopic (exact) mass is 300 g/mol. The van der Waals surface area contributed by atoms with Gasteiger partial charge in [-0.25, -0.2) is 13.6 Å². The van der Waals surface area contributed by atoms with Gasteiger partial charge in [0.1, 0.15) is 5.75 Å². The molecule has 4 N–H and O–H groups in total. The third-order valence-corrected chi connectivity index (χ3v) is 4.96. The highest BCUT2D eigenvalue weighted by Gasteiger charge is 2.47. The number of hydrogen-bond acceptors (Lipinski definition) is 5. The topological polar surface area (TPSA) is 102 Å². The molecule has 0 spiro atoms. The van der Waals surface area contributed by atoms with Crippen LogP contribution < -0.4 is 15.2 Å². The Labute approximate surface area is 119 Å². The summed E-state index contributed by atoms with van der Waals surface area (Å²) in [6.45, 7) is 3.91. The van der Waals surface area contributed by atoms with Crippen LogP contribution in [0.15, 0.2) is 23.1 Å². The van der Waals surface area contributed by atoms with Crippen molar-refractivity contribution in [2.75, 3.05) is 12.4 Å². The van der Waals surface area contributed by atoms with Gasteiger partial charge >= 0.3 is 0 Å². The minimum Gasteiger partial charge on any atom is -0.495 e. The summed E-state index contributed by atoms with van der Waals surface area (Å²) in [5, 5.41) is 18.1. The summed E-state index contributed by atoms with van der Waals surface area (Å²) in [5.41, 5.74) is 0.284. The van der Waals surface area contributed by atoms with Crippen LogP contribution in [0.5, 0.6) is 5.75 Å². The van der Waals surface area contributed by atoms with Gasteiger partial charge in [-0.2, -0.15) is 0 Å². The van der Waals surface area contributed by atoms with Crippen LogP contribution in [0.25, 0.3) is 0 Å². The molecule has 20 heavy (non-hydrogen) atoms. The predicted molar refractivity (Wildman–Crippen MR) is 76.2 cm³/mol. The Morgan fingerprint density at radius 1 is 1.45 bits per heavy atom. The zero-order chi connectivity index (χ0) is 15.1. The quantitative estimate of drug-likeness (QED) is 0.767. The molecule has 0 heterocycles. The number of hydrogen-bond donors (Lipinski definition) is 3. The van der Waals surface area contributed by atoms with Crippen LogP contribution in [-0.4, -0.2) is 32.8 Å². The van der Waals surface area contributed by atoms with Gasteiger partial charge in [0.2, 0.25) is 10.0 Å². The van der Waals surface area contributed by atoms with Crippen molar-refractivity contribution >= 4 is 15.7 Å². The van der Waals surface area contributed by atoms with Gasteiger partial charge in [0.15, 0.2) is 0 Å². The lowest BCUT2D eigenvalue weighted by Crippen LogP contribution is -2.56. The molecule has 1 saturated carbocycles. The standard InChI is InChI=1S/C13H20N2O4S/c1-13(2)11(7-12(13)16)15-9-6-8(20(14,17)18)4-5-10(9)19-3/h4-6,11-12,15-16H,7H2,1-3H3,(H2,14,17,18). The Bertz CT molecular complexity index is 613. The molecule has 0 aromatic heterocycles. The highest BCUT2D eigenvalue weighted by Crippen LogP contribution is 2.43. The molecule has 1 aliphatic carbocycles. The van der Waals surface area contributed by atoms with Crippen LogP contribution in [0.2, 0.25) is 0 Å². The lowest BCUT2D eigenvalue weighted by Gasteiger charge is -2.50. The predicted octanol–water partition coefficient (Wildman–Crippen LogP) is 0.914. The highest BCUT2D eigenvalue weighted by molar-refractivity contribution is 7.89. The van der Waals surface area contributed by atoms with Crippen LogP contribution in [-0.2, 0) is 10.0 Å². The largest absolute Gasteiger partial charge is 0.495 e. The summed E-state index contributed by atoms with van der Waals surface area (Å²) >= 11 is 0. The number of aliphatic hydroxyl groups excluding tert-OH is 1. The van der Waals surface area contributed by atoms with E-state index in [0.717, 1.165) is 0 Å². The SMILES string of the molecule is COc1ccc(S(N)(=O)=O)cc1NC1CC(O)C1(C)C. The second-order valence-corrected chi connectivity index (χ2v) is 7.24. The fourth-order valence-electron chi connectivity index (χ4n) is 2.31. The van der Waals surface area contributed by atoms with Crippen LogP contribution in [0.4, 0.5) is 5.69 Å². The maximum absolute atomic E-state index is 11.4. The number of anilines is 1. The van der Waals surface area contributed by atoms with Gasteiger partial charge < -0.3 is 15.2 Å². The van der Waals surface area contributed by atoms with Crippen molar-refractivity contribution < 1.29 is 18.3 Å². The van der Waals surface area contributed by atoms with Crippen molar-refractivity contribution in [1.82, 2.24) is 0 Å². The molecule has 0 bridgehead atoms. The first-order valence-electron chi connectivity index (χ1n) is 6.31. The fourth-order valence-corrected chi connectivity index (χ4v) is 2.85.